The van der Waals surface area contributed by atoms with E-state index in [1.165, 1.54) is 18.2 Å². The molecule has 124 valence electrons. The second-order valence-corrected chi connectivity index (χ2v) is 6.67. The molecule has 0 aliphatic heterocycles. The lowest BCUT2D eigenvalue weighted by molar-refractivity contribution is -0.274. The first kappa shape index (κ1) is 17.7. The maximum absolute atomic E-state index is 12.2. The van der Waals surface area contributed by atoms with Gasteiger partial charge < -0.3 is 4.74 Å². The molecule has 0 saturated heterocycles. The highest BCUT2D eigenvalue weighted by Gasteiger charge is 2.31. The molecule has 0 saturated carbocycles. The van der Waals surface area contributed by atoms with Crippen LogP contribution in [0.3, 0.4) is 0 Å². The molecule has 0 bridgehead atoms. The van der Waals surface area contributed by atoms with E-state index in [1.54, 1.807) is 0 Å². The Kier molecular flexibility index (Phi) is 4.98. The molecule has 0 radical (unpaired) electrons. The number of nitrogens with one attached hydrogen (secondary N) is 1. The van der Waals surface area contributed by atoms with Gasteiger partial charge in [-0.2, -0.15) is 0 Å². The number of rotatable bonds is 4. The van der Waals surface area contributed by atoms with Crippen molar-refractivity contribution in [2.45, 2.75) is 11.3 Å². The summed E-state index contributed by atoms with van der Waals surface area (Å²) in [6.45, 7) is 0. The van der Waals surface area contributed by atoms with Crippen molar-refractivity contribution >= 4 is 38.9 Å². The van der Waals surface area contributed by atoms with E-state index in [1.807, 2.05) is 0 Å². The third-order valence-corrected chi connectivity index (χ3v) is 4.90. The molecule has 2 rings (SSSR count). The molecule has 2 aromatic carbocycles. The number of benzene rings is 2. The number of anilines is 1. The van der Waals surface area contributed by atoms with E-state index in [4.69, 9.17) is 23.2 Å². The molecule has 23 heavy (non-hydrogen) atoms. The van der Waals surface area contributed by atoms with E-state index in [9.17, 15) is 21.6 Å². The Morgan fingerprint density at radius 2 is 1.61 bits per heavy atom. The van der Waals surface area contributed by atoms with E-state index in [0.717, 1.165) is 24.3 Å². The minimum Gasteiger partial charge on any atom is -0.406 e. The number of hydrogen-bond donors (Lipinski definition) is 1. The van der Waals surface area contributed by atoms with Crippen LogP contribution in [0.25, 0.3) is 0 Å². The molecule has 4 nitrogen and oxygen atoms in total. The Hall–Kier alpha value is -1.64. The molecule has 0 aliphatic carbocycles. The van der Waals surface area contributed by atoms with Crippen LogP contribution in [-0.4, -0.2) is 14.8 Å². The average molecular weight is 386 g/mol. The van der Waals surface area contributed by atoms with Gasteiger partial charge in [0.05, 0.1) is 10.0 Å². The van der Waals surface area contributed by atoms with Crippen LogP contribution in [-0.2, 0) is 10.0 Å². The molecular weight excluding hydrogens is 378 g/mol. The smallest absolute Gasteiger partial charge is 0.406 e. The van der Waals surface area contributed by atoms with Gasteiger partial charge >= 0.3 is 6.36 Å². The number of ether oxygens (including phenoxy) is 1. The van der Waals surface area contributed by atoms with Crippen molar-refractivity contribution in [2.24, 2.45) is 0 Å². The predicted molar refractivity (Wildman–Crippen MR) is 80.4 cm³/mol. The second-order valence-electron chi connectivity index (χ2n) is 4.23. The minimum atomic E-state index is -4.82. The first-order chi connectivity index (χ1) is 10.6. The van der Waals surface area contributed by atoms with Crippen molar-refractivity contribution in [3.05, 3.63) is 52.5 Å². The summed E-state index contributed by atoms with van der Waals surface area (Å²) >= 11 is 11.6. The van der Waals surface area contributed by atoms with E-state index in [-0.39, 0.29) is 20.6 Å². The standard InChI is InChI=1S/C13H8Cl2F3NO3S/c14-10-2-1-3-11(12(10)15)23(20,21)19-8-4-6-9(7-5-8)22-13(16,17)18/h1-7,19H. The van der Waals surface area contributed by atoms with Crippen LogP contribution in [0.5, 0.6) is 5.75 Å². The first-order valence-electron chi connectivity index (χ1n) is 5.91. The molecule has 0 aliphatic rings. The lowest BCUT2D eigenvalue weighted by atomic mass is 10.3. The number of halogens is 5. The fourth-order valence-electron chi connectivity index (χ4n) is 1.63. The van der Waals surface area contributed by atoms with Crippen LogP contribution in [0.15, 0.2) is 47.4 Å². The molecule has 0 unspecified atom stereocenters. The summed E-state index contributed by atoms with van der Waals surface area (Å²) in [4.78, 5) is -0.248. The van der Waals surface area contributed by atoms with Crippen LogP contribution >= 0.6 is 23.2 Å². The van der Waals surface area contributed by atoms with Crippen LogP contribution in [0, 0.1) is 0 Å². The normalized spacial score (nSPS) is 12.0. The summed E-state index contributed by atoms with van der Waals surface area (Å²) < 4.78 is 66.5. The highest BCUT2D eigenvalue weighted by atomic mass is 35.5. The zero-order chi connectivity index (χ0) is 17.3. The van der Waals surface area contributed by atoms with Gasteiger partial charge in [0.25, 0.3) is 10.0 Å². The molecule has 2 aromatic rings. The van der Waals surface area contributed by atoms with E-state index >= 15 is 0 Å². The van der Waals surface area contributed by atoms with E-state index < -0.39 is 22.1 Å². The lowest BCUT2D eigenvalue weighted by Crippen LogP contribution is -2.17. The van der Waals surface area contributed by atoms with Crippen molar-refractivity contribution < 1.29 is 26.3 Å². The van der Waals surface area contributed by atoms with Gasteiger partial charge in [-0.1, -0.05) is 29.3 Å². The molecule has 0 atom stereocenters. The number of alkyl halides is 3. The molecule has 0 amide bonds. The minimum absolute atomic E-state index is 0.0376. The van der Waals surface area contributed by atoms with Crippen LogP contribution < -0.4 is 9.46 Å². The summed E-state index contributed by atoms with van der Waals surface area (Å²) in [5.41, 5.74) is 0.0376. The SMILES string of the molecule is O=S(=O)(Nc1ccc(OC(F)(F)F)cc1)c1cccc(Cl)c1Cl. The van der Waals surface area contributed by atoms with Crippen molar-refractivity contribution in [1.29, 1.82) is 0 Å². The molecule has 0 heterocycles. The summed E-state index contributed by atoms with van der Waals surface area (Å²) in [7, 11) is -4.04. The monoisotopic (exact) mass is 385 g/mol. The Bertz CT molecular complexity index is 808. The Balaban J connectivity index is 2.23. The molecule has 0 aromatic heterocycles. The number of sulfonamides is 1. The van der Waals surface area contributed by atoms with Gasteiger partial charge in [0.1, 0.15) is 10.6 Å². The van der Waals surface area contributed by atoms with Gasteiger partial charge in [-0.15, -0.1) is 13.2 Å². The van der Waals surface area contributed by atoms with Gasteiger partial charge in [0, 0.05) is 5.69 Å². The maximum Gasteiger partial charge on any atom is 0.573 e. The summed E-state index contributed by atoms with van der Waals surface area (Å²) in [6, 6.07) is 8.27. The summed E-state index contributed by atoms with van der Waals surface area (Å²) in [5.74, 6) is -0.471. The van der Waals surface area contributed by atoms with Crippen molar-refractivity contribution in [3.8, 4) is 5.75 Å². The van der Waals surface area contributed by atoms with E-state index in [2.05, 4.69) is 9.46 Å². The first-order valence-corrected chi connectivity index (χ1v) is 8.15. The van der Waals surface area contributed by atoms with Gasteiger partial charge in [0.2, 0.25) is 0 Å². The third-order valence-electron chi connectivity index (χ3n) is 2.55. The van der Waals surface area contributed by atoms with Crippen molar-refractivity contribution in [1.82, 2.24) is 0 Å². The van der Waals surface area contributed by atoms with Crippen molar-refractivity contribution in [2.75, 3.05) is 4.72 Å². The highest BCUT2D eigenvalue weighted by Crippen LogP contribution is 2.30. The van der Waals surface area contributed by atoms with Crippen LogP contribution in [0.2, 0.25) is 10.0 Å². The zero-order valence-electron chi connectivity index (χ0n) is 11.1. The van der Waals surface area contributed by atoms with E-state index in [0.29, 0.717) is 0 Å². The van der Waals surface area contributed by atoms with Crippen LogP contribution in [0.1, 0.15) is 0 Å². The summed E-state index contributed by atoms with van der Waals surface area (Å²) in [5, 5.41) is -0.0952. The highest BCUT2D eigenvalue weighted by molar-refractivity contribution is 7.92. The zero-order valence-corrected chi connectivity index (χ0v) is 13.4. The van der Waals surface area contributed by atoms with Gasteiger partial charge in [0.15, 0.2) is 0 Å². The fraction of sp³-hybridized carbons (Fsp3) is 0.0769. The Morgan fingerprint density at radius 3 is 2.17 bits per heavy atom. The molecule has 0 spiro atoms. The van der Waals surface area contributed by atoms with Crippen LogP contribution in [0.4, 0.5) is 18.9 Å². The number of hydrogen-bond acceptors (Lipinski definition) is 3. The molecule has 10 heteroatoms. The molecular formula is C13H8Cl2F3NO3S. The second kappa shape index (κ2) is 6.46. The maximum atomic E-state index is 12.2. The largest absolute Gasteiger partial charge is 0.573 e. The van der Waals surface area contributed by atoms with Crippen molar-refractivity contribution in [3.63, 3.8) is 0 Å². The average Bonchev–Trinajstić information content (AvgIpc) is 2.42. The van der Waals surface area contributed by atoms with Gasteiger partial charge in [-0.25, -0.2) is 8.42 Å². The molecule has 1 N–H and O–H groups in total. The third kappa shape index (κ3) is 4.66. The quantitative estimate of drug-likeness (QED) is 0.830. The molecule has 0 fully saturated rings. The van der Waals surface area contributed by atoms with Gasteiger partial charge in [-0.3, -0.25) is 4.72 Å². The summed E-state index contributed by atoms with van der Waals surface area (Å²) in [6.07, 6.45) is -4.82. The predicted octanol–water partition coefficient (Wildman–Crippen LogP) is 4.69. The lowest BCUT2D eigenvalue weighted by Gasteiger charge is -2.12. The fourth-order valence-corrected chi connectivity index (χ4v) is 3.45. The Morgan fingerprint density at radius 1 is 1.00 bits per heavy atom. The topological polar surface area (TPSA) is 55.4 Å². The van der Waals surface area contributed by atoms with Gasteiger partial charge in [-0.05, 0) is 36.4 Å². The Labute approximate surface area is 139 Å².